The molecule has 4 atom stereocenters. The molecular weight excluding hydrogens is 268 g/mol. The van der Waals surface area contributed by atoms with Crippen LogP contribution in [0.1, 0.15) is 6.23 Å². The number of fused-ring (bicyclic) bond motifs is 1. The first kappa shape index (κ1) is 13.1. The Labute approximate surface area is 112 Å². The average molecular weight is 282 g/mol. The smallest absolute Gasteiger partial charge is 0.171 e. The molecule has 1 aliphatic heterocycles. The zero-order valence-electron chi connectivity index (χ0n) is 10.3. The zero-order chi connectivity index (χ0) is 14.3. The van der Waals surface area contributed by atoms with Gasteiger partial charge in [0.05, 0.1) is 12.9 Å². The van der Waals surface area contributed by atoms with E-state index in [1.165, 1.54) is 17.2 Å². The van der Waals surface area contributed by atoms with Gasteiger partial charge in [-0.1, -0.05) is 0 Å². The number of nitrogens with one attached hydrogen (secondary N) is 1. The molecule has 0 aliphatic carbocycles. The summed E-state index contributed by atoms with van der Waals surface area (Å²) in [6, 6.07) is 0. The first-order valence-corrected chi connectivity index (χ1v) is 5.94. The van der Waals surface area contributed by atoms with Crippen molar-refractivity contribution in [2.45, 2.75) is 24.5 Å². The number of aliphatic hydroxyl groups is 3. The summed E-state index contributed by atoms with van der Waals surface area (Å²) in [4.78, 5) is 12.1. The summed E-state index contributed by atoms with van der Waals surface area (Å²) in [5, 5.41) is 28.9. The molecule has 1 unspecified atom stereocenters. The van der Waals surface area contributed by atoms with Gasteiger partial charge in [0.2, 0.25) is 0 Å². The molecule has 6 N–H and O–H groups in total. The first-order chi connectivity index (χ1) is 9.67. The molecule has 3 heterocycles. The molecular formula is C10H14N6O4. The largest absolute Gasteiger partial charge is 0.394 e. The average Bonchev–Trinajstić information content (AvgIpc) is 3.01. The number of ether oxygens (including phenoxy) is 1. The van der Waals surface area contributed by atoms with Gasteiger partial charge < -0.3 is 25.5 Å². The van der Waals surface area contributed by atoms with Gasteiger partial charge in [0.1, 0.15) is 24.6 Å². The normalized spacial score (nSPS) is 30.0. The number of aromatic nitrogens is 4. The number of hydrazine groups is 1. The maximum atomic E-state index is 10.00. The number of anilines is 1. The SMILES string of the molecule is NNc1ncnc2c1ncn2[C@@H]1O[C@H](CO)C(O)[C@H]1O. The van der Waals surface area contributed by atoms with Crippen molar-refractivity contribution in [1.82, 2.24) is 19.5 Å². The molecule has 0 spiro atoms. The summed E-state index contributed by atoms with van der Waals surface area (Å²) in [5.74, 6) is 5.66. The van der Waals surface area contributed by atoms with Gasteiger partial charge in [-0.2, -0.15) is 0 Å². The van der Waals surface area contributed by atoms with Crippen LogP contribution in [0.5, 0.6) is 0 Å². The molecule has 10 nitrogen and oxygen atoms in total. The molecule has 20 heavy (non-hydrogen) atoms. The molecule has 0 aromatic carbocycles. The number of imidazole rings is 1. The number of nitrogens with zero attached hydrogens (tertiary/aromatic N) is 4. The number of hydrogen-bond donors (Lipinski definition) is 5. The standard InChI is InChI=1S/C10H14N6O4/c11-15-8-5-9(13-2-12-8)16(3-14-5)10-7(19)6(18)4(1-17)20-10/h2-4,6-7,10,17-19H,1,11H2,(H,12,13,15)/t4-,6?,7-,10-/m1/s1. The van der Waals surface area contributed by atoms with Gasteiger partial charge >= 0.3 is 0 Å². The second-order valence-corrected chi connectivity index (χ2v) is 4.42. The molecule has 1 saturated heterocycles. The summed E-state index contributed by atoms with van der Waals surface area (Å²) in [7, 11) is 0. The van der Waals surface area contributed by atoms with Gasteiger partial charge in [-0.3, -0.25) is 4.57 Å². The second-order valence-electron chi connectivity index (χ2n) is 4.42. The number of hydrogen-bond acceptors (Lipinski definition) is 9. The van der Waals surface area contributed by atoms with Crippen LogP contribution < -0.4 is 11.3 Å². The Kier molecular flexibility index (Phi) is 3.23. The van der Waals surface area contributed by atoms with Crippen LogP contribution in [-0.4, -0.2) is 59.8 Å². The maximum absolute atomic E-state index is 10.00. The van der Waals surface area contributed by atoms with Crippen LogP contribution in [0.15, 0.2) is 12.7 Å². The zero-order valence-corrected chi connectivity index (χ0v) is 10.3. The Morgan fingerprint density at radius 1 is 1.30 bits per heavy atom. The van der Waals surface area contributed by atoms with E-state index in [2.05, 4.69) is 20.4 Å². The van der Waals surface area contributed by atoms with Gasteiger partial charge in [0.15, 0.2) is 23.2 Å². The first-order valence-electron chi connectivity index (χ1n) is 5.94. The fraction of sp³-hybridized carbons (Fsp3) is 0.500. The van der Waals surface area contributed by atoms with Crippen molar-refractivity contribution in [2.75, 3.05) is 12.0 Å². The molecule has 2 aromatic rings. The van der Waals surface area contributed by atoms with Crippen LogP contribution >= 0.6 is 0 Å². The Morgan fingerprint density at radius 2 is 2.10 bits per heavy atom. The van der Waals surface area contributed by atoms with E-state index in [4.69, 9.17) is 15.7 Å². The third-order valence-electron chi connectivity index (χ3n) is 3.29. The molecule has 1 fully saturated rings. The van der Waals surface area contributed by atoms with E-state index in [0.29, 0.717) is 17.0 Å². The number of aliphatic hydroxyl groups excluding tert-OH is 3. The van der Waals surface area contributed by atoms with Crippen molar-refractivity contribution in [3.8, 4) is 0 Å². The van der Waals surface area contributed by atoms with Gasteiger partial charge in [0.25, 0.3) is 0 Å². The highest BCUT2D eigenvalue weighted by Crippen LogP contribution is 2.31. The Morgan fingerprint density at radius 3 is 2.75 bits per heavy atom. The highest BCUT2D eigenvalue weighted by molar-refractivity contribution is 5.82. The Bertz CT molecular complexity index is 619. The predicted molar refractivity (Wildman–Crippen MR) is 66.1 cm³/mol. The summed E-state index contributed by atoms with van der Waals surface area (Å²) in [5.41, 5.74) is 3.20. The predicted octanol–water partition coefficient (Wildman–Crippen LogP) is -2.28. The second kappa shape index (κ2) is 4.92. The minimum Gasteiger partial charge on any atom is -0.394 e. The van der Waals surface area contributed by atoms with E-state index in [1.54, 1.807) is 0 Å². The lowest BCUT2D eigenvalue weighted by molar-refractivity contribution is -0.0511. The van der Waals surface area contributed by atoms with E-state index in [0.717, 1.165) is 0 Å². The molecule has 2 aromatic heterocycles. The number of nitrogen functional groups attached to an aromatic ring is 1. The molecule has 0 amide bonds. The van der Waals surface area contributed by atoms with Crippen molar-refractivity contribution in [3.63, 3.8) is 0 Å². The van der Waals surface area contributed by atoms with Crippen LogP contribution in [0.2, 0.25) is 0 Å². The molecule has 3 rings (SSSR count). The minimum atomic E-state index is -1.20. The van der Waals surface area contributed by atoms with Crippen molar-refractivity contribution in [3.05, 3.63) is 12.7 Å². The summed E-state index contributed by atoms with van der Waals surface area (Å²) >= 11 is 0. The quantitative estimate of drug-likeness (QED) is 0.310. The monoisotopic (exact) mass is 282 g/mol. The highest BCUT2D eigenvalue weighted by Gasteiger charge is 2.43. The number of nitrogens with two attached hydrogens (primary N) is 1. The van der Waals surface area contributed by atoms with E-state index in [9.17, 15) is 10.2 Å². The van der Waals surface area contributed by atoms with Gasteiger partial charge in [-0.15, -0.1) is 0 Å². The van der Waals surface area contributed by atoms with Gasteiger partial charge in [-0.25, -0.2) is 20.8 Å². The summed E-state index contributed by atoms with van der Waals surface area (Å²) < 4.78 is 6.88. The maximum Gasteiger partial charge on any atom is 0.171 e. The lowest BCUT2D eigenvalue weighted by atomic mass is 10.1. The van der Waals surface area contributed by atoms with Crippen LogP contribution in [0, 0.1) is 0 Å². The van der Waals surface area contributed by atoms with Crippen LogP contribution in [0.4, 0.5) is 5.82 Å². The molecule has 0 saturated carbocycles. The fourth-order valence-corrected chi connectivity index (χ4v) is 2.25. The highest BCUT2D eigenvalue weighted by atomic mass is 16.6. The van der Waals surface area contributed by atoms with Crippen LogP contribution in [-0.2, 0) is 4.74 Å². The van der Waals surface area contributed by atoms with Crippen LogP contribution in [0.3, 0.4) is 0 Å². The van der Waals surface area contributed by atoms with Gasteiger partial charge in [-0.05, 0) is 0 Å². The Hall–Kier alpha value is -1.85. The van der Waals surface area contributed by atoms with Crippen molar-refractivity contribution >= 4 is 17.0 Å². The number of rotatable bonds is 3. The molecule has 0 radical (unpaired) electrons. The molecule has 10 heteroatoms. The van der Waals surface area contributed by atoms with Crippen molar-refractivity contribution in [1.29, 1.82) is 0 Å². The molecule has 108 valence electrons. The lowest BCUT2D eigenvalue weighted by Crippen LogP contribution is -2.33. The van der Waals surface area contributed by atoms with Crippen LogP contribution in [0.25, 0.3) is 11.2 Å². The van der Waals surface area contributed by atoms with E-state index >= 15 is 0 Å². The van der Waals surface area contributed by atoms with Crippen molar-refractivity contribution in [2.24, 2.45) is 5.84 Å². The third kappa shape index (κ3) is 1.82. The lowest BCUT2D eigenvalue weighted by Gasteiger charge is -2.16. The fourth-order valence-electron chi connectivity index (χ4n) is 2.25. The molecule has 1 aliphatic rings. The van der Waals surface area contributed by atoms with E-state index < -0.39 is 31.1 Å². The summed E-state index contributed by atoms with van der Waals surface area (Å²) in [6.07, 6.45) is -1.45. The van der Waals surface area contributed by atoms with Gasteiger partial charge in [0, 0.05) is 0 Å². The summed E-state index contributed by atoms with van der Waals surface area (Å²) in [6.45, 7) is -0.397. The van der Waals surface area contributed by atoms with Crippen molar-refractivity contribution < 1.29 is 20.1 Å². The molecule has 0 bridgehead atoms. The third-order valence-corrected chi connectivity index (χ3v) is 3.29. The van der Waals surface area contributed by atoms with E-state index in [-0.39, 0.29) is 0 Å². The van der Waals surface area contributed by atoms with E-state index in [1.807, 2.05) is 0 Å². The topological polar surface area (TPSA) is 152 Å². The Balaban J connectivity index is 2.03. The minimum absolute atomic E-state index is 0.334.